The van der Waals surface area contributed by atoms with Gasteiger partial charge in [0.05, 0.1) is 5.75 Å². The van der Waals surface area contributed by atoms with Gasteiger partial charge in [0.25, 0.3) is 0 Å². The first-order valence-electron chi connectivity index (χ1n) is 5.37. The molecule has 17 heavy (non-hydrogen) atoms. The van der Waals surface area contributed by atoms with Crippen LogP contribution >= 0.6 is 11.3 Å². The van der Waals surface area contributed by atoms with Gasteiger partial charge in [-0.05, 0) is 23.9 Å². The fourth-order valence-corrected chi connectivity index (χ4v) is 3.45. The molecular formula is C12H15NO2S2. The van der Waals surface area contributed by atoms with E-state index in [0.29, 0.717) is 6.42 Å². The predicted molar refractivity (Wildman–Crippen MR) is 73.1 cm³/mol. The van der Waals surface area contributed by atoms with Crippen LogP contribution in [0.3, 0.4) is 0 Å². The Labute approximate surface area is 105 Å². The van der Waals surface area contributed by atoms with Gasteiger partial charge >= 0.3 is 0 Å². The molecule has 0 amide bonds. The van der Waals surface area contributed by atoms with E-state index in [-0.39, 0.29) is 11.8 Å². The smallest absolute Gasteiger partial charge is 0.147 e. The molecule has 0 bridgehead atoms. The first-order valence-corrected chi connectivity index (χ1v) is 8.25. The van der Waals surface area contributed by atoms with Crippen LogP contribution in [0, 0.1) is 0 Å². The number of hydrogen-bond acceptors (Lipinski definition) is 4. The predicted octanol–water partition coefficient (Wildman–Crippen LogP) is 2.34. The molecule has 0 radical (unpaired) electrons. The van der Waals surface area contributed by atoms with Crippen molar-refractivity contribution in [1.29, 1.82) is 0 Å². The van der Waals surface area contributed by atoms with E-state index in [9.17, 15) is 8.42 Å². The summed E-state index contributed by atoms with van der Waals surface area (Å²) in [5, 5.41) is 1.17. The summed E-state index contributed by atoms with van der Waals surface area (Å²) in [6.45, 7) is 0. The molecule has 2 N–H and O–H groups in total. The van der Waals surface area contributed by atoms with Crippen molar-refractivity contribution in [2.24, 2.45) is 5.73 Å². The van der Waals surface area contributed by atoms with E-state index < -0.39 is 9.84 Å². The number of thiophene rings is 1. The second-order valence-corrected chi connectivity index (χ2v) is 7.59. The highest BCUT2D eigenvalue weighted by molar-refractivity contribution is 7.90. The zero-order chi connectivity index (χ0) is 12.5. The summed E-state index contributed by atoms with van der Waals surface area (Å²) in [5.74, 6) is 0.141. The number of fused-ring (bicyclic) bond motifs is 1. The van der Waals surface area contributed by atoms with Gasteiger partial charge in [-0.2, -0.15) is 0 Å². The molecule has 1 heterocycles. The summed E-state index contributed by atoms with van der Waals surface area (Å²) in [4.78, 5) is 1.05. The third-order valence-corrected chi connectivity index (χ3v) is 4.83. The number of benzene rings is 1. The van der Waals surface area contributed by atoms with Gasteiger partial charge < -0.3 is 5.73 Å². The van der Waals surface area contributed by atoms with Crippen molar-refractivity contribution in [1.82, 2.24) is 0 Å². The molecule has 0 spiro atoms. The third-order valence-electron chi connectivity index (χ3n) is 2.61. The molecule has 92 valence electrons. The highest BCUT2D eigenvalue weighted by Crippen LogP contribution is 2.30. The summed E-state index contributed by atoms with van der Waals surface area (Å²) >= 11 is 1.64. The van der Waals surface area contributed by atoms with Gasteiger partial charge in [-0.1, -0.05) is 18.2 Å². The molecule has 2 rings (SSSR count). The quantitative estimate of drug-likeness (QED) is 0.926. The van der Waals surface area contributed by atoms with Crippen molar-refractivity contribution < 1.29 is 8.42 Å². The zero-order valence-corrected chi connectivity index (χ0v) is 11.2. The van der Waals surface area contributed by atoms with Crippen LogP contribution in [0.4, 0.5) is 0 Å². The number of nitrogens with two attached hydrogens (primary N) is 1. The van der Waals surface area contributed by atoms with E-state index in [1.807, 2.05) is 30.3 Å². The third kappa shape index (κ3) is 3.28. The second-order valence-electron chi connectivity index (χ2n) is 4.21. The Hall–Kier alpha value is -0.910. The van der Waals surface area contributed by atoms with Crippen LogP contribution in [-0.2, 0) is 9.84 Å². The Morgan fingerprint density at radius 2 is 2.06 bits per heavy atom. The molecule has 0 aliphatic heterocycles. The maximum absolute atomic E-state index is 11.1. The van der Waals surface area contributed by atoms with Crippen molar-refractivity contribution in [2.75, 3.05) is 12.0 Å². The molecular weight excluding hydrogens is 254 g/mol. The fourth-order valence-electron chi connectivity index (χ4n) is 1.67. The van der Waals surface area contributed by atoms with Crippen molar-refractivity contribution in [3.8, 4) is 0 Å². The Kier molecular flexibility index (Phi) is 3.51. The summed E-state index contributed by atoms with van der Waals surface area (Å²) in [6, 6.07) is 9.92. The Morgan fingerprint density at radius 3 is 2.71 bits per heavy atom. The van der Waals surface area contributed by atoms with Crippen LogP contribution in [-0.4, -0.2) is 20.4 Å². The zero-order valence-electron chi connectivity index (χ0n) is 9.59. The molecule has 1 unspecified atom stereocenters. The fraction of sp³-hybridized carbons (Fsp3) is 0.333. The van der Waals surface area contributed by atoms with Gasteiger partial charge in [0.15, 0.2) is 0 Å². The van der Waals surface area contributed by atoms with Gasteiger partial charge in [0.1, 0.15) is 9.84 Å². The summed E-state index contributed by atoms with van der Waals surface area (Å²) in [5.41, 5.74) is 6.01. The standard InChI is InChI=1S/C12H15NO2S2/c1-17(14,15)7-6-10(13)12-8-9-4-2-3-5-11(9)16-12/h2-5,8,10H,6-7,13H2,1H3. The Balaban J connectivity index is 2.16. The van der Waals surface area contributed by atoms with Gasteiger partial charge in [-0.3, -0.25) is 0 Å². The topological polar surface area (TPSA) is 60.2 Å². The van der Waals surface area contributed by atoms with Crippen molar-refractivity contribution in [3.63, 3.8) is 0 Å². The first-order chi connectivity index (χ1) is 7.96. The molecule has 1 atom stereocenters. The molecule has 0 saturated heterocycles. The summed E-state index contributed by atoms with van der Waals surface area (Å²) in [7, 11) is -2.93. The maximum atomic E-state index is 11.1. The molecule has 0 saturated carbocycles. The first kappa shape index (κ1) is 12.5. The molecule has 1 aromatic carbocycles. The SMILES string of the molecule is CS(=O)(=O)CCC(N)c1cc2ccccc2s1. The molecule has 3 nitrogen and oxygen atoms in total. The van der Waals surface area contributed by atoms with Crippen molar-refractivity contribution in [3.05, 3.63) is 35.2 Å². The molecule has 2 aromatic rings. The van der Waals surface area contributed by atoms with E-state index in [1.54, 1.807) is 11.3 Å². The van der Waals surface area contributed by atoms with Gasteiger partial charge in [0, 0.05) is 21.9 Å². The van der Waals surface area contributed by atoms with Crippen LogP contribution in [0.25, 0.3) is 10.1 Å². The minimum absolute atomic E-state index is 0.141. The summed E-state index contributed by atoms with van der Waals surface area (Å²) < 4.78 is 23.4. The van der Waals surface area contributed by atoms with E-state index in [2.05, 4.69) is 0 Å². The van der Waals surface area contributed by atoms with Crippen LogP contribution in [0.15, 0.2) is 30.3 Å². The lowest BCUT2D eigenvalue weighted by Gasteiger charge is -2.07. The lowest BCUT2D eigenvalue weighted by Crippen LogP contribution is -2.14. The minimum atomic E-state index is -2.93. The number of sulfone groups is 1. The van der Waals surface area contributed by atoms with Crippen molar-refractivity contribution >= 4 is 31.3 Å². The van der Waals surface area contributed by atoms with Gasteiger partial charge in [-0.25, -0.2) is 8.42 Å². The lowest BCUT2D eigenvalue weighted by atomic mass is 10.2. The summed E-state index contributed by atoms with van der Waals surface area (Å²) in [6.07, 6.45) is 1.72. The van der Waals surface area contributed by atoms with Crippen molar-refractivity contribution in [2.45, 2.75) is 12.5 Å². The van der Waals surface area contributed by atoms with E-state index in [4.69, 9.17) is 5.73 Å². The van der Waals surface area contributed by atoms with Gasteiger partial charge in [0.2, 0.25) is 0 Å². The van der Waals surface area contributed by atoms with E-state index >= 15 is 0 Å². The normalized spacial score (nSPS) is 14.0. The average Bonchev–Trinajstić information content (AvgIpc) is 2.68. The number of rotatable bonds is 4. The Bertz CT molecular complexity index is 583. The van der Waals surface area contributed by atoms with E-state index in [0.717, 1.165) is 4.88 Å². The van der Waals surface area contributed by atoms with Crippen LogP contribution in [0.1, 0.15) is 17.3 Å². The largest absolute Gasteiger partial charge is 0.323 e. The van der Waals surface area contributed by atoms with E-state index in [1.165, 1.54) is 16.3 Å². The second kappa shape index (κ2) is 4.76. The monoisotopic (exact) mass is 269 g/mol. The lowest BCUT2D eigenvalue weighted by molar-refractivity contribution is 0.592. The highest BCUT2D eigenvalue weighted by atomic mass is 32.2. The average molecular weight is 269 g/mol. The maximum Gasteiger partial charge on any atom is 0.147 e. The molecule has 0 aliphatic carbocycles. The molecule has 0 aliphatic rings. The molecule has 5 heteroatoms. The highest BCUT2D eigenvalue weighted by Gasteiger charge is 2.12. The minimum Gasteiger partial charge on any atom is -0.323 e. The van der Waals surface area contributed by atoms with Crippen LogP contribution in [0.2, 0.25) is 0 Å². The Morgan fingerprint density at radius 1 is 1.35 bits per heavy atom. The van der Waals surface area contributed by atoms with Crippen LogP contribution in [0.5, 0.6) is 0 Å². The van der Waals surface area contributed by atoms with Gasteiger partial charge in [-0.15, -0.1) is 11.3 Å². The number of hydrogen-bond donors (Lipinski definition) is 1. The van der Waals surface area contributed by atoms with Crippen LogP contribution < -0.4 is 5.73 Å². The molecule has 1 aromatic heterocycles. The molecule has 0 fully saturated rings.